The van der Waals surface area contributed by atoms with Gasteiger partial charge in [0.2, 0.25) is 5.91 Å². The second kappa shape index (κ2) is 12.2. The van der Waals surface area contributed by atoms with E-state index in [0.717, 1.165) is 55.2 Å². The third-order valence-corrected chi connectivity index (χ3v) is 6.45. The molecule has 5 heteroatoms. The SMILES string of the molecule is CCCCC(=O)N(Cc1ccc(-c2ccccc2C#N)cc1)[C@H]1CCCC[C@H]1C(=O)OCC. The predicted octanol–water partition coefficient (Wildman–Crippen LogP) is 5.87. The summed E-state index contributed by atoms with van der Waals surface area (Å²) in [6.07, 6.45) is 5.90. The van der Waals surface area contributed by atoms with Crippen LogP contribution in [0.15, 0.2) is 48.5 Å². The highest BCUT2D eigenvalue weighted by atomic mass is 16.5. The van der Waals surface area contributed by atoms with Crippen LogP contribution in [0.3, 0.4) is 0 Å². The summed E-state index contributed by atoms with van der Waals surface area (Å²) in [5.74, 6) is -0.332. The molecular formula is C28H34N2O3. The summed E-state index contributed by atoms with van der Waals surface area (Å²) < 4.78 is 5.36. The molecule has 174 valence electrons. The van der Waals surface area contributed by atoms with E-state index in [9.17, 15) is 14.9 Å². The first-order chi connectivity index (χ1) is 16.1. The molecule has 3 rings (SSSR count). The van der Waals surface area contributed by atoms with Crippen LogP contribution >= 0.6 is 0 Å². The van der Waals surface area contributed by atoms with Crippen molar-refractivity contribution >= 4 is 11.9 Å². The Hall–Kier alpha value is -3.13. The van der Waals surface area contributed by atoms with Crippen molar-refractivity contribution in [2.24, 2.45) is 5.92 Å². The van der Waals surface area contributed by atoms with Crippen molar-refractivity contribution in [2.75, 3.05) is 6.61 Å². The Balaban J connectivity index is 1.85. The number of nitrogens with zero attached hydrogens (tertiary/aromatic N) is 2. The molecule has 1 amide bonds. The fourth-order valence-electron chi connectivity index (χ4n) is 4.69. The van der Waals surface area contributed by atoms with E-state index in [-0.39, 0.29) is 23.8 Å². The molecule has 33 heavy (non-hydrogen) atoms. The minimum Gasteiger partial charge on any atom is -0.466 e. The number of nitriles is 1. The van der Waals surface area contributed by atoms with Crippen molar-refractivity contribution in [1.82, 2.24) is 4.90 Å². The zero-order chi connectivity index (χ0) is 23.6. The molecule has 0 heterocycles. The summed E-state index contributed by atoms with van der Waals surface area (Å²) in [7, 11) is 0. The third-order valence-electron chi connectivity index (χ3n) is 6.45. The number of amides is 1. The van der Waals surface area contributed by atoms with Gasteiger partial charge >= 0.3 is 5.97 Å². The van der Waals surface area contributed by atoms with Crippen LogP contribution in [-0.4, -0.2) is 29.4 Å². The number of hydrogen-bond donors (Lipinski definition) is 0. The van der Waals surface area contributed by atoms with Gasteiger partial charge in [0, 0.05) is 19.0 Å². The molecule has 0 unspecified atom stereocenters. The average molecular weight is 447 g/mol. The van der Waals surface area contributed by atoms with Crippen LogP contribution in [0.4, 0.5) is 0 Å². The molecule has 2 aromatic carbocycles. The minimum absolute atomic E-state index is 0.108. The highest BCUT2D eigenvalue weighted by molar-refractivity contribution is 5.79. The largest absolute Gasteiger partial charge is 0.466 e. The van der Waals surface area contributed by atoms with Crippen molar-refractivity contribution in [3.63, 3.8) is 0 Å². The lowest BCUT2D eigenvalue weighted by Crippen LogP contribution is -2.48. The summed E-state index contributed by atoms with van der Waals surface area (Å²) in [4.78, 5) is 27.8. The number of esters is 1. The van der Waals surface area contributed by atoms with E-state index in [0.29, 0.717) is 25.1 Å². The predicted molar refractivity (Wildman–Crippen MR) is 129 cm³/mol. The van der Waals surface area contributed by atoms with Gasteiger partial charge in [-0.1, -0.05) is 68.7 Å². The van der Waals surface area contributed by atoms with E-state index >= 15 is 0 Å². The van der Waals surface area contributed by atoms with Gasteiger partial charge in [0.15, 0.2) is 0 Å². The fourth-order valence-corrected chi connectivity index (χ4v) is 4.69. The van der Waals surface area contributed by atoms with E-state index in [4.69, 9.17) is 4.74 Å². The van der Waals surface area contributed by atoms with Crippen LogP contribution in [-0.2, 0) is 20.9 Å². The topological polar surface area (TPSA) is 70.4 Å². The van der Waals surface area contributed by atoms with Gasteiger partial charge in [0.25, 0.3) is 0 Å². The zero-order valence-corrected chi connectivity index (χ0v) is 19.8. The Morgan fingerprint density at radius 2 is 1.79 bits per heavy atom. The number of benzene rings is 2. The fraction of sp³-hybridized carbons (Fsp3) is 0.464. The maximum absolute atomic E-state index is 13.2. The molecule has 0 N–H and O–H groups in total. The normalized spacial score (nSPS) is 17.7. The van der Waals surface area contributed by atoms with Crippen molar-refractivity contribution in [1.29, 1.82) is 5.26 Å². The van der Waals surface area contributed by atoms with Crippen molar-refractivity contribution in [3.05, 3.63) is 59.7 Å². The average Bonchev–Trinajstić information content (AvgIpc) is 2.86. The number of carbonyl (C=O) groups excluding carboxylic acids is 2. The van der Waals surface area contributed by atoms with Crippen LogP contribution in [0.5, 0.6) is 0 Å². The van der Waals surface area contributed by atoms with E-state index < -0.39 is 0 Å². The minimum atomic E-state index is -0.258. The lowest BCUT2D eigenvalue weighted by molar-refractivity contribution is -0.154. The highest BCUT2D eigenvalue weighted by Crippen LogP contribution is 2.32. The van der Waals surface area contributed by atoms with Gasteiger partial charge in [-0.05, 0) is 48.9 Å². The molecule has 1 fully saturated rings. The molecule has 0 radical (unpaired) electrons. The number of ether oxygens (including phenoxy) is 1. The molecular weight excluding hydrogens is 412 g/mol. The maximum Gasteiger partial charge on any atom is 0.311 e. The molecule has 1 aliphatic carbocycles. The van der Waals surface area contributed by atoms with E-state index in [1.54, 1.807) is 0 Å². The Morgan fingerprint density at radius 3 is 2.48 bits per heavy atom. The van der Waals surface area contributed by atoms with Crippen LogP contribution in [0.25, 0.3) is 11.1 Å². The molecule has 0 bridgehead atoms. The lowest BCUT2D eigenvalue weighted by Gasteiger charge is -2.39. The standard InChI is InChI=1S/C28H34N2O3/c1-3-5-14-27(31)30(26-13-9-8-12-25(26)28(32)33-4-2)20-21-15-17-22(18-16-21)24-11-7-6-10-23(24)19-29/h6-7,10-11,15-18,25-26H,3-5,8-9,12-14,20H2,1-2H3/t25-,26+/m1/s1. The summed E-state index contributed by atoms with van der Waals surface area (Å²) in [5, 5.41) is 9.41. The van der Waals surface area contributed by atoms with Crippen LogP contribution in [0, 0.1) is 17.2 Å². The van der Waals surface area contributed by atoms with Gasteiger partial charge in [-0.15, -0.1) is 0 Å². The van der Waals surface area contributed by atoms with Crippen LogP contribution in [0.2, 0.25) is 0 Å². The summed E-state index contributed by atoms with van der Waals surface area (Å²) >= 11 is 0. The lowest BCUT2D eigenvalue weighted by atomic mass is 9.83. The molecule has 0 saturated heterocycles. The first kappa shape index (κ1) is 24.5. The van der Waals surface area contributed by atoms with Gasteiger partial charge in [0.1, 0.15) is 0 Å². The van der Waals surface area contributed by atoms with E-state index in [1.165, 1.54) is 0 Å². The molecule has 5 nitrogen and oxygen atoms in total. The Labute approximate surface area is 197 Å². The first-order valence-corrected chi connectivity index (χ1v) is 12.1. The van der Waals surface area contributed by atoms with Gasteiger partial charge in [-0.25, -0.2) is 0 Å². The Bertz CT molecular complexity index is 977. The monoisotopic (exact) mass is 446 g/mol. The molecule has 0 aliphatic heterocycles. The third kappa shape index (κ3) is 6.22. The number of carbonyl (C=O) groups is 2. The van der Waals surface area contributed by atoms with Crippen LogP contribution < -0.4 is 0 Å². The van der Waals surface area contributed by atoms with Gasteiger partial charge < -0.3 is 9.64 Å². The summed E-state index contributed by atoms with van der Waals surface area (Å²) in [5.41, 5.74) is 3.53. The van der Waals surface area contributed by atoms with Crippen molar-refractivity contribution < 1.29 is 14.3 Å². The van der Waals surface area contributed by atoms with Gasteiger partial charge in [-0.3, -0.25) is 9.59 Å². The number of rotatable bonds is 9. The number of unbranched alkanes of at least 4 members (excludes halogenated alkanes) is 1. The van der Waals surface area contributed by atoms with Crippen molar-refractivity contribution in [3.8, 4) is 17.2 Å². The molecule has 2 atom stereocenters. The van der Waals surface area contributed by atoms with Gasteiger partial charge in [-0.2, -0.15) is 5.26 Å². The van der Waals surface area contributed by atoms with Gasteiger partial charge in [0.05, 0.1) is 24.2 Å². The molecule has 2 aromatic rings. The van der Waals surface area contributed by atoms with E-state index in [1.807, 2.05) is 60.4 Å². The second-order valence-electron chi connectivity index (χ2n) is 8.69. The number of hydrogen-bond acceptors (Lipinski definition) is 4. The molecule has 1 aliphatic rings. The molecule has 1 saturated carbocycles. The Kier molecular flexibility index (Phi) is 9.06. The second-order valence-corrected chi connectivity index (χ2v) is 8.69. The quantitative estimate of drug-likeness (QED) is 0.452. The Morgan fingerprint density at radius 1 is 1.06 bits per heavy atom. The zero-order valence-electron chi connectivity index (χ0n) is 19.8. The maximum atomic E-state index is 13.2. The van der Waals surface area contributed by atoms with Crippen molar-refractivity contribution in [2.45, 2.75) is 71.4 Å². The van der Waals surface area contributed by atoms with E-state index in [2.05, 4.69) is 13.0 Å². The highest BCUT2D eigenvalue weighted by Gasteiger charge is 2.37. The smallest absolute Gasteiger partial charge is 0.311 e. The first-order valence-electron chi connectivity index (χ1n) is 12.1. The molecule has 0 spiro atoms. The molecule has 0 aromatic heterocycles. The van der Waals surface area contributed by atoms with Crippen LogP contribution in [0.1, 0.15) is 69.9 Å². The summed E-state index contributed by atoms with van der Waals surface area (Å²) in [6, 6.07) is 17.7. The summed E-state index contributed by atoms with van der Waals surface area (Å²) in [6.45, 7) is 4.74.